The van der Waals surface area contributed by atoms with Gasteiger partial charge in [-0.1, -0.05) is 58.7 Å². The first-order valence-corrected chi connectivity index (χ1v) is 8.94. The zero-order valence-electron chi connectivity index (χ0n) is 15.3. The molecule has 0 spiro atoms. The molecule has 0 bridgehead atoms. The summed E-state index contributed by atoms with van der Waals surface area (Å²) in [6.45, 7) is 9.95. The molecule has 2 aromatic heterocycles. The van der Waals surface area contributed by atoms with Gasteiger partial charge in [0.05, 0.1) is 11.0 Å². The van der Waals surface area contributed by atoms with Crippen LogP contribution in [0.1, 0.15) is 52.8 Å². The molecule has 0 saturated heterocycles. The van der Waals surface area contributed by atoms with Crippen LogP contribution >= 0.6 is 0 Å². The Hall–Kier alpha value is -2.10. The van der Waals surface area contributed by atoms with E-state index in [2.05, 4.69) is 49.4 Å². The lowest BCUT2D eigenvalue weighted by Crippen LogP contribution is -2.17. The molecule has 3 aromatic rings. The van der Waals surface area contributed by atoms with Crippen molar-refractivity contribution in [3.8, 4) is 0 Å². The van der Waals surface area contributed by atoms with Crippen LogP contribution in [0.2, 0.25) is 0 Å². The van der Waals surface area contributed by atoms with Gasteiger partial charge in [0.25, 0.3) is 0 Å². The maximum atomic E-state index is 6.24. The number of para-hydroxylation sites is 1. The van der Waals surface area contributed by atoms with Crippen molar-refractivity contribution in [1.29, 1.82) is 0 Å². The molecule has 4 nitrogen and oxygen atoms in total. The third-order valence-corrected chi connectivity index (χ3v) is 4.33. The van der Waals surface area contributed by atoms with Gasteiger partial charge in [0.15, 0.2) is 5.82 Å². The molecule has 24 heavy (non-hydrogen) atoms. The molecule has 0 atom stereocenters. The highest BCUT2D eigenvalue weighted by molar-refractivity contribution is 6.06. The van der Waals surface area contributed by atoms with Gasteiger partial charge in [-0.05, 0) is 17.9 Å². The van der Waals surface area contributed by atoms with Gasteiger partial charge >= 0.3 is 0 Å². The van der Waals surface area contributed by atoms with Crippen molar-refractivity contribution in [3.63, 3.8) is 0 Å². The number of aromatic nitrogens is 3. The van der Waals surface area contributed by atoms with E-state index in [0.29, 0.717) is 5.82 Å². The quantitative estimate of drug-likeness (QED) is 0.676. The van der Waals surface area contributed by atoms with E-state index in [1.165, 1.54) is 12.8 Å². The first-order valence-electron chi connectivity index (χ1n) is 8.94. The van der Waals surface area contributed by atoms with Crippen molar-refractivity contribution < 1.29 is 0 Å². The van der Waals surface area contributed by atoms with Crippen LogP contribution in [0.5, 0.6) is 0 Å². The zero-order valence-corrected chi connectivity index (χ0v) is 15.3. The highest BCUT2D eigenvalue weighted by atomic mass is 15.1. The number of unbranched alkanes of at least 4 members (excludes halogenated alkanes) is 2. The Balaban J connectivity index is 2.24. The lowest BCUT2D eigenvalue weighted by Gasteiger charge is -2.21. The number of rotatable bonds is 5. The number of nitrogen functional groups attached to an aromatic ring is 1. The molecule has 0 amide bonds. The van der Waals surface area contributed by atoms with Gasteiger partial charge in [0.1, 0.15) is 11.3 Å². The van der Waals surface area contributed by atoms with Crippen LogP contribution in [0.4, 0.5) is 5.82 Å². The molecule has 3 rings (SSSR count). The standard InChI is InChI=1S/C20H28N4/c1-5-6-7-12-16-23-17-18(24(16)13-20(2,3)4)14-10-8-9-11-15(14)22-19(17)21/h8-11H,5-7,12-13H2,1-4H3,(H2,21,22). The molecule has 0 fully saturated rings. The monoisotopic (exact) mass is 324 g/mol. The highest BCUT2D eigenvalue weighted by Gasteiger charge is 2.21. The summed E-state index contributed by atoms with van der Waals surface area (Å²) in [5, 5.41) is 1.14. The summed E-state index contributed by atoms with van der Waals surface area (Å²) in [6.07, 6.45) is 4.60. The minimum atomic E-state index is 0.173. The fourth-order valence-electron chi connectivity index (χ4n) is 3.27. The van der Waals surface area contributed by atoms with Crippen LogP contribution in [0.15, 0.2) is 24.3 Å². The van der Waals surface area contributed by atoms with Gasteiger partial charge in [-0.15, -0.1) is 0 Å². The van der Waals surface area contributed by atoms with E-state index in [1.54, 1.807) is 0 Å². The number of nitrogens with zero attached hydrogens (tertiary/aromatic N) is 3. The Morgan fingerprint density at radius 2 is 1.83 bits per heavy atom. The highest BCUT2D eigenvalue weighted by Crippen LogP contribution is 2.31. The summed E-state index contributed by atoms with van der Waals surface area (Å²) in [6, 6.07) is 8.22. The number of hydrogen-bond acceptors (Lipinski definition) is 3. The molecule has 128 valence electrons. The van der Waals surface area contributed by atoms with Crippen LogP contribution in [-0.2, 0) is 13.0 Å². The van der Waals surface area contributed by atoms with Crippen molar-refractivity contribution in [2.75, 3.05) is 5.73 Å². The van der Waals surface area contributed by atoms with E-state index in [-0.39, 0.29) is 5.41 Å². The maximum absolute atomic E-state index is 6.24. The van der Waals surface area contributed by atoms with Crippen molar-refractivity contribution in [2.45, 2.75) is 59.9 Å². The largest absolute Gasteiger partial charge is 0.382 e. The normalized spacial score (nSPS) is 12.3. The van der Waals surface area contributed by atoms with E-state index < -0.39 is 0 Å². The minimum absolute atomic E-state index is 0.173. The molecular formula is C20H28N4. The number of benzene rings is 1. The van der Waals surface area contributed by atoms with E-state index in [0.717, 1.165) is 47.1 Å². The molecule has 0 aliphatic rings. The van der Waals surface area contributed by atoms with Gasteiger partial charge in [0, 0.05) is 18.4 Å². The van der Waals surface area contributed by atoms with Gasteiger partial charge in [-0.2, -0.15) is 0 Å². The van der Waals surface area contributed by atoms with E-state index in [9.17, 15) is 0 Å². The third kappa shape index (κ3) is 3.23. The predicted molar refractivity (Wildman–Crippen MR) is 102 cm³/mol. The first-order chi connectivity index (χ1) is 11.4. The average Bonchev–Trinajstić information content (AvgIpc) is 2.86. The van der Waals surface area contributed by atoms with Gasteiger partial charge in [-0.3, -0.25) is 0 Å². The zero-order chi connectivity index (χ0) is 17.3. The van der Waals surface area contributed by atoms with E-state index >= 15 is 0 Å². The summed E-state index contributed by atoms with van der Waals surface area (Å²) in [5.41, 5.74) is 9.34. The van der Waals surface area contributed by atoms with Gasteiger partial charge in [0.2, 0.25) is 0 Å². The number of fused-ring (bicyclic) bond motifs is 3. The molecule has 0 saturated carbocycles. The van der Waals surface area contributed by atoms with Crippen LogP contribution in [0.3, 0.4) is 0 Å². The van der Waals surface area contributed by atoms with Crippen molar-refractivity contribution >= 4 is 27.8 Å². The topological polar surface area (TPSA) is 56.7 Å². The molecular weight excluding hydrogens is 296 g/mol. The summed E-state index contributed by atoms with van der Waals surface area (Å²) < 4.78 is 2.38. The number of aryl methyl sites for hydroxylation is 1. The molecule has 2 heterocycles. The van der Waals surface area contributed by atoms with Crippen LogP contribution in [0, 0.1) is 5.41 Å². The second-order valence-corrected chi connectivity index (χ2v) is 7.84. The Morgan fingerprint density at radius 1 is 1.08 bits per heavy atom. The van der Waals surface area contributed by atoms with Crippen LogP contribution < -0.4 is 5.73 Å². The van der Waals surface area contributed by atoms with E-state index in [1.807, 2.05) is 12.1 Å². The summed E-state index contributed by atoms with van der Waals surface area (Å²) in [5.74, 6) is 1.67. The Morgan fingerprint density at radius 3 is 2.54 bits per heavy atom. The van der Waals surface area contributed by atoms with Crippen molar-refractivity contribution in [1.82, 2.24) is 14.5 Å². The predicted octanol–water partition coefficient (Wildman–Crippen LogP) is 4.95. The second kappa shape index (κ2) is 6.42. The lowest BCUT2D eigenvalue weighted by molar-refractivity contribution is 0.342. The molecule has 0 aliphatic heterocycles. The third-order valence-electron chi connectivity index (χ3n) is 4.33. The fraction of sp³-hybridized carbons (Fsp3) is 0.500. The smallest absolute Gasteiger partial charge is 0.152 e. The van der Waals surface area contributed by atoms with Gasteiger partial charge in [-0.25, -0.2) is 9.97 Å². The Labute approximate surface area is 144 Å². The van der Waals surface area contributed by atoms with Crippen molar-refractivity contribution in [3.05, 3.63) is 30.1 Å². The van der Waals surface area contributed by atoms with Crippen LogP contribution in [-0.4, -0.2) is 14.5 Å². The summed E-state index contributed by atoms with van der Waals surface area (Å²) in [7, 11) is 0. The Bertz CT molecular complexity index is 855. The summed E-state index contributed by atoms with van der Waals surface area (Å²) in [4.78, 5) is 9.45. The number of pyridine rings is 1. The average molecular weight is 324 g/mol. The second-order valence-electron chi connectivity index (χ2n) is 7.84. The molecule has 1 aromatic carbocycles. The Kier molecular flexibility index (Phi) is 4.48. The molecule has 0 radical (unpaired) electrons. The molecule has 0 unspecified atom stereocenters. The number of nitrogens with two attached hydrogens (primary N) is 1. The lowest BCUT2D eigenvalue weighted by atomic mass is 9.96. The number of hydrogen-bond donors (Lipinski definition) is 1. The molecule has 2 N–H and O–H groups in total. The SMILES string of the molecule is CCCCCc1nc2c(N)nc3ccccc3c2n1CC(C)(C)C. The summed E-state index contributed by atoms with van der Waals surface area (Å²) >= 11 is 0. The van der Waals surface area contributed by atoms with Crippen molar-refractivity contribution in [2.24, 2.45) is 5.41 Å². The fourth-order valence-corrected chi connectivity index (χ4v) is 3.27. The molecule has 0 aliphatic carbocycles. The first kappa shape index (κ1) is 16.7. The van der Waals surface area contributed by atoms with Crippen LogP contribution in [0.25, 0.3) is 21.9 Å². The maximum Gasteiger partial charge on any atom is 0.152 e. The minimum Gasteiger partial charge on any atom is -0.382 e. The van der Waals surface area contributed by atoms with E-state index in [4.69, 9.17) is 10.7 Å². The van der Waals surface area contributed by atoms with Gasteiger partial charge < -0.3 is 10.3 Å². The number of imidazole rings is 1. The number of anilines is 1. The molecule has 4 heteroatoms.